The highest BCUT2D eigenvalue weighted by Gasteiger charge is 2.09. The van der Waals surface area contributed by atoms with Gasteiger partial charge in [-0.3, -0.25) is 4.79 Å². The lowest BCUT2D eigenvalue weighted by Crippen LogP contribution is -2.25. The molecule has 2 N–H and O–H groups in total. The maximum atomic E-state index is 12.6. The minimum Gasteiger partial charge on any atom is -0.476 e. The summed E-state index contributed by atoms with van der Waals surface area (Å²) in [6, 6.07) is 2.44. The van der Waals surface area contributed by atoms with Gasteiger partial charge in [0.05, 0.1) is 10.6 Å². The summed E-state index contributed by atoms with van der Waals surface area (Å²) in [6.45, 7) is 0.308. The Labute approximate surface area is 117 Å². The van der Waals surface area contributed by atoms with Gasteiger partial charge in [0.15, 0.2) is 5.69 Å². The van der Waals surface area contributed by atoms with Crippen molar-refractivity contribution in [2.75, 3.05) is 6.54 Å². The van der Waals surface area contributed by atoms with Crippen molar-refractivity contribution < 1.29 is 19.1 Å². The number of amides is 1. The molecule has 0 atom stereocenters. The molecule has 0 spiro atoms. The Morgan fingerprint density at radius 3 is 2.80 bits per heavy atom. The van der Waals surface area contributed by atoms with Crippen molar-refractivity contribution in [2.45, 2.75) is 6.42 Å². The summed E-state index contributed by atoms with van der Waals surface area (Å²) < 4.78 is 12.6. The highest BCUT2D eigenvalue weighted by Crippen LogP contribution is 2.10. The highest BCUT2D eigenvalue weighted by molar-refractivity contribution is 7.09. The van der Waals surface area contributed by atoms with Crippen LogP contribution in [0.2, 0.25) is 0 Å². The minimum atomic E-state index is -1.08. The van der Waals surface area contributed by atoms with E-state index in [1.165, 1.54) is 22.8 Å². The van der Waals surface area contributed by atoms with Gasteiger partial charge in [-0.15, -0.1) is 11.3 Å². The fraction of sp³-hybridized carbons (Fsp3) is 0.167. The van der Waals surface area contributed by atoms with Crippen LogP contribution in [0.5, 0.6) is 0 Å². The normalized spacial score (nSPS) is 10.2. The zero-order valence-electron chi connectivity index (χ0n) is 10.2. The summed E-state index contributed by atoms with van der Waals surface area (Å²) in [5.74, 6) is -2.09. The van der Waals surface area contributed by atoms with E-state index in [1.807, 2.05) is 0 Å². The van der Waals surface area contributed by atoms with Crippen LogP contribution in [-0.2, 0) is 6.42 Å². The van der Waals surface area contributed by atoms with Crippen molar-refractivity contribution in [1.29, 1.82) is 0 Å². The van der Waals surface area contributed by atoms with Crippen molar-refractivity contribution in [3.8, 4) is 0 Å². The molecule has 20 heavy (non-hydrogen) atoms. The number of thiazole rings is 1. The average Bonchev–Trinajstić information content (AvgIpc) is 2.88. The Hall–Kier alpha value is -2.35. The number of nitrogens with one attached hydrogen (secondary N) is 1. The van der Waals surface area contributed by atoms with Gasteiger partial charge >= 0.3 is 5.97 Å². The predicted octanol–water partition coefficient (Wildman–Crippen LogP) is 1.35. The van der Waals surface area contributed by atoms with E-state index in [4.69, 9.17) is 5.11 Å². The number of aromatic nitrogens is 2. The van der Waals surface area contributed by atoms with E-state index in [0.29, 0.717) is 18.0 Å². The monoisotopic (exact) mass is 295 g/mol. The molecule has 0 aliphatic heterocycles. The quantitative estimate of drug-likeness (QED) is 0.812. The molecule has 0 radical (unpaired) electrons. The van der Waals surface area contributed by atoms with Crippen molar-refractivity contribution in [1.82, 2.24) is 15.3 Å². The molecule has 0 unspecified atom stereocenters. The first kappa shape index (κ1) is 14.1. The number of aromatic carboxylic acids is 1. The molecule has 0 saturated carbocycles. The minimum absolute atomic E-state index is 0.000869. The van der Waals surface area contributed by atoms with E-state index in [9.17, 15) is 14.0 Å². The van der Waals surface area contributed by atoms with Crippen LogP contribution in [0.25, 0.3) is 0 Å². The maximum Gasteiger partial charge on any atom is 0.355 e. The molecule has 0 aliphatic rings. The summed E-state index contributed by atoms with van der Waals surface area (Å²) in [7, 11) is 0. The molecular weight excluding hydrogens is 285 g/mol. The maximum absolute atomic E-state index is 12.6. The standard InChI is InChI=1S/C12H10FN3O3S/c13-9-2-1-7(5-15-9)11(17)14-4-3-10-16-8(6-20-10)12(18)19/h1-2,5-6H,3-4H2,(H,14,17)(H,18,19). The SMILES string of the molecule is O=C(NCCc1nc(C(=O)O)cs1)c1ccc(F)nc1. The second-order valence-electron chi connectivity index (χ2n) is 3.81. The van der Waals surface area contributed by atoms with Crippen LogP contribution < -0.4 is 5.32 Å². The third-order valence-corrected chi connectivity index (χ3v) is 3.29. The third kappa shape index (κ3) is 3.58. The van der Waals surface area contributed by atoms with Crippen molar-refractivity contribution in [3.05, 3.63) is 45.9 Å². The fourth-order valence-corrected chi connectivity index (χ4v) is 2.19. The van der Waals surface area contributed by atoms with Gasteiger partial charge in [-0.2, -0.15) is 4.39 Å². The van der Waals surface area contributed by atoms with Crippen LogP contribution in [0, 0.1) is 5.95 Å². The van der Waals surface area contributed by atoms with Crippen molar-refractivity contribution in [2.24, 2.45) is 0 Å². The number of pyridine rings is 1. The summed E-state index contributed by atoms with van der Waals surface area (Å²) >= 11 is 1.22. The van der Waals surface area contributed by atoms with Gasteiger partial charge < -0.3 is 10.4 Å². The van der Waals surface area contributed by atoms with Crippen LogP contribution in [0.3, 0.4) is 0 Å². The summed E-state index contributed by atoms with van der Waals surface area (Å²) in [5.41, 5.74) is 0.260. The largest absolute Gasteiger partial charge is 0.476 e. The molecule has 0 bridgehead atoms. The van der Waals surface area contributed by atoms with E-state index >= 15 is 0 Å². The zero-order valence-corrected chi connectivity index (χ0v) is 11.0. The summed E-state index contributed by atoms with van der Waals surface area (Å²) in [4.78, 5) is 29.6. The number of carbonyl (C=O) groups is 2. The smallest absolute Gasteiger partial charge is 0.355 e. The van der Waals surface area contributed by atoms with E-state index in [1.54, 1.807) is 0 Å². The van der Waals surface area contributed by atoms with Crippen LogP contribution in [0.1, 0.15) is 25.9 Å². The lowest BCUT2D eigenvalue weighted by atomic mass is 10.2. The molecule has 2 aromatic heterocycles. The van der Waals surface area contributed by atoms with Crippen LogP contribution in [0.4, 0.5) is 4.39 Å². The molecule has 1 amide bonds. The molecule has 0 aromatic carbocycles. The lowest BCUT2D eigenvalue weighted by Gasteiger charge is -2.03. The Kier molecular flexibility index (Phi) is 4.36. The number of halogens is 1. The van der Waals surface area contributed by atoms with E-state index in [2.05, 4.69) is 15.3 Å². The molecule has 2 heterocycles. The fourth-order valence-electron chi connectivity index (χ4n) is 1.42. The number of carbonyl (C=O) groups excluding carboxylic acids is 1. The third-order valence-electron chi connectivity index (χ3n) is 2.38. The summed E-state index contributed by atoms with van der Waals surface area (Å²) in [5, 5.41) is 13.4. The van der Waals surface area contributed by atoms with Gasteiger partial charge in [-0.05, 0) is 12.1 Å². The van der Waals surface area contributed by atoms with Crippen LogP contribution >= 0.6 is 11.3 Å². The van der Waals surface area contributed by atoms with Gasteiger partial charge in [0.25, 0.3) is 5.91 Å². The molecule has 0 aliphatic carbocycles. The average molecular weight is 295 g/mol. The van der Waals surface area contributed by atoms with Crippen molar-refractivity contribution >= 4 is 23.2 Å². The molecule has 8 heteroatoms. The number of rotatable bonds is 5. The van der Waals surface area contributed by atoms with Crippen LogP contribution in [-0.4, -0.2) is 33.5 Å². The number of carboxylic acids is 1. The van der Waals surface area contributed by atoms with Gasteiger partial charge in [-0.1, -0.05) is 0 Å². The van der Waals surface area contributed by atoms with Gasteiger partial charge in [0.1, 0.15) is 0 Å². The molecule has 104 valence electrons. The Balaban J connectivity index is 1.84. The molecule has 2 aromatic rings. The Morgan fingerprint density at radius 1 is 1.40 bits per heavy atom. The number of carboxylic acid groups (broad SMARTS) is 1. The zero-order chi connectivity index (χ0) is 14.5. The summed E-state index contributed by atoms with van der Waals surface area (Å²) in [6.07, 6.45) is 1.58. The number of nitrogens with zero attached hydrogens (tertiary/aromatic N) is 2. The predicted molar refractivity (Wildman–Crippen MR) is 69.3 cm³/mol. The number of hydrogen-bond acceptors (Lipinski definition) is 5. The van der Waals surface area contributed by atoms with Gasteiger partial charge in [-0.25, -0.2) is 14.8 Å². The van der Waals surface area contributed by atoms with E-state index in [0.717, 1.165) is 12.3 Å². The lowest BCUT2D eigenvalue weighted by molar-refractivity contribution is 0.0690. The first-order chi connectivity index (χ1) is 9.56. The molecule has 2 rings (SSSR count). The Bertz CT molecular complexity index is 627. The Morgan fingerprint density at radius 2 is 2.20 bits per heavy atom. The van der Waals surface area contributed by atoms with Crippen molar-refractivity contribution in [3.63, 3.8) is 0 Å². The topological polar surface area (TPSA) is 92.2 Å². The molecule has 0 fully saturated rings. The molecule has 0 saturated heterocycles. The number of hydrogen-bond donors (Lipinski definition) is 2. The highest BCUT2D eigenvalue weighted by atomic mass is 32.1. The van der Waals surface area contributed by atoms with Crippen LogP contribution in [0.15, 0.2) is 23.7 Å². The first-order valence-electron chi connectivity index (χ1n) is 5.63. The second-order valence-corrected chi connectivity index (χ2v) is 4.75. The first-order valence-corrected chi connectivity index (χ1v) is 6.51. The van der Waals surface area contributed by atoms with Gasteiger partial charge in [0, 0.05) is 24.5 Å². The molecular formula is C12H10FN3O3S. The second kappa shape index (κ2) is 6.20. The van der Waals surface area contributed by atoms with E-state index < -0.39 is 11.9 Å². The van der Waals surface area contributed by atoms with E-state index in [-0.39, 0.29) is 17.2 Å². The van der Waals surface area contributed by atoms with Gasteiger partial charge in [0.2, 0.25) is 5.95 Å². The molecule has 6 nitrogen and oxygen atoms in total.